The van der Waals surface area contributed by atoms with Crippen LogP contribution in [-0.4, -0.2) is 29.9 Å². The SMILES string of the molecule is Cc1ccc([Se]C(Cl)=C(Cl)[Se]c2ccc(C)cc2)cc1. The molecule has 0 aliphatic carbocycles. The van der Waals surface area contributed by atoms with E-state index in [1.807, 2.05) is 0 Å². The molecule has 0 aliphatic heterocycles. The molecule has 0 fully saturated rings. The quantitative estimate of drug-likeness (QED) is 0.648. The van der Waals surface area contributed by atoms with Crippen LogP contribution in [0.4, 0.5) is 0 Å². The molecule has 0 radical (unpaired) electrons. The molecule has 0 bridgehead atoms. The summed E-state index contributed by atoms with van der Waals surface area (Å²) in [6, 6.07) is 16.9. The van der Waals surface area contributed by atoms with Crippen molar-refractivity contribution in [3.63, 3.8) is 0 Å². The molecule has 0 heterocycles. The van der Waals surface area contributed by atoms with Gasteiger partial charge in [-0.05, 0) is 0 Å². The van der Waals surface area contributed by atoms with E-state index in [0.717, 1.165) is 7.86 Å². The normalized spacial score (nSPS) is 12.2. The maximum absolute atomic E-state index is 6.38. The zero-order valence-electron chi connectivity index (χ0n) is 11.2. The first-order valence-corrected chi connectivity index (χ1v) is 10.3. The fourth-order valence-electron chi connectivity index (χ4n) is 1.50. The van der Waals surface area contributed by atoms with Gasteiger partial charge in [-0.15, -0.1) is 0 Å². The average molecular weight is 435 g/mol. The third kappa shape index (κ3) is 4.97. The Balaban J connectivity index is 2.06. The average Bonchev–Trinajstić information content (AvgIpc) is 2.44. The van der Waals surface area contributed by atoms with Gasteiger partial charge in [0.1, 0.15) is 0 Å². The van der Waals surface area contributed by atoms with Crippen LogP contribution in [0.1, 0.15) is 11.1 Å². The Labute approximate surface area is 142 Å². The molecule has 0 saturated heterocycles. The molecule has 0 aromatic heterocycles. The van der Waals surface area contributed by atoms with Crippen LogP contribution in [0.2, 0.25) is 0 Å². The van der Waals surface area contributed by atoms with Gasteiger partial charge in [-0.1, -0.05) is 0 Å². The Morgan fingerprint density at radius 2 is 0.950 bits per heavy atom. The summed E-state index contributed by atoms with van der Waals surface area (Å²) in [5.74, 6) is 0. The zero-order chi connectivity index (χ0) is 14.5. The van der Waals surface area contributed by atoms with Crippen LogP contribution < -0.4 is 8.92 Å². The van der Waals surface area contributed by atoms with Gasteiger partial charge in [0.15, 0.2) is 0 Å². The van der Waals surface area contributed by atoms with Crippen molar-refractivity contribution >= 4 is 62.0 Å². The molecule has 0 aliphatic rings. The summed E-state index contributed by atoms with van der Waals surface area (Å²) in [6.07, 6.45) is 0. The molecule has 20 heavy (non-hydrogen) atoms. The van der Waals surface area contributed by atoms with Crippen molar-refractivity contribution in [3.8, 4) is 0 Å². The van der Waals surface area contributed by atoms with E-state index in [1.165, 1.54) is 20.1 Å². The van der Waals surface area contributed by atoms with Gasteiger partial charge < -0.3 is 0 Å². The first-order chi connectivity index (χ1) is 9.54. The first-order valence-electron chi connectivity index (χ1n) is 6.09. The van der Waals surface area contributed by atoms with Gasteiger partial charge in [0, 0.05) is 0 Å². The van der Waals surface area contributed by atoms with Crippen molar-refractivity contribution < 1.29 is 0 Å². The molecular formula is C16H14Cl2Se2. The molecule has 0 N–H and O–H groups in total. The van der Waals surface area contributed by atoms with Crippen LogP contribution in [0.15, 0.2) is 56.4 Å². The summed E-state index contributed by atoms with van der Waals surface area (Å²) < 4.78 is 4.13. The van der Waals surface area contributed by atoms with Crippen LogP contribution in [-0.2, 0) is 0 Å². The molecule has 0 spiro atoms. The number of aryl methyl sites for hydroxylation is 2. The van der Waals surface area contributed by atoms with Crippen molar-refractivity contribution in [1.82, 2.24) is 0 Å². The van der Waals surface area contributed by atoms with E-state index in [2.05, 4.69) is 62.4 Å². The third-order valence-electron chi connectivity index (χ3n) is 2.61. The van der Waals surface area contributed by atoms with E-state index in [9.17, 15) is 0 Å². The van der Waals surface area contributed by atoms with Crippen molar-refractivity contribution in [2.75, 3.05) is 0 Å². The van der Waals surface area contributed by atoms with Gasteiger partial charge in [-0.2, -0.15) is 0 Å². The molecule has 104 valence electrons. The van der Waals surface area contributed by atoms with Gasteiger partial charge in [0.25, 0.3) is 0 Å². The van der Waals surface area contributed by atoms with Gasteiger partial charge >= 0.3 is 143 Å². The minimum absolute atomic E-state index is 0.0960. The van der Waals surface area contributed by atoms with Gasteiger partial charge in [0.05, 0.1) is 0 Å². The molecular weight excluding hydrogens is 421 g/mol. The second kappa shape index (κ2) is 7.71. The maximum atomic E-state index is 6.38. The Morgan fingerprint density at radius 1 is 0.650 bits per heavy atom. The van der Waals surface area contributed by atoms with E-state index in [4.69, 9.17) is 23.2 Å². The summed E-state index contributed by atoms with van der Waals surface area (Å²) in [5, 5.41) is 0. The van der Waals surface area contributed by atoms with Gasteiger partial charge in [-0.25, -0.2) is 0 Å². The zero-order valence-corrected chi connectivity index (χ0v) is 16.1. The number of benzene rings is 2. The van der Waals surface area contributed by atoms with E-state index in [0.29, 0.717) is 0 Å². The minimum atomic E-state index is 0.0960. The Morgan fingerprint density at radius 3 is 1.25 bits per heavy atom. The fourth-order valence-corrected chi connectivity index (χ4v) is 6.08. The van der Waals surface area contributed by atoms with E-state index < -0.39 is 0 Å². The van der Waals surface area contributed by atoms with Crippen LogP contribution in [0.25, 0.3) is 0 Å². The summed E-state index contributed by atoms with van der Waals surface area (Å²) in [7, 11) is 0. The molecule has 0 saturated carbocycles. The van der Waals surface area contributed by atoms with Crippen LogP contribution >= 0.6 is 23.2 Å². The second-order valence-corrected chi connectivity index (χ2v) is 10.7. The van der Waals surface area contributed by atoms with Crippen molar-refractivity contribution in [2.24, 2.45) is 0 Å². The van der Waals surface area contributed by atoms with Crippen LogP contribution in [0.3, 0.4) is 0 Å². The number of hydrogen-bond acceptors (Lipinski definition) is 0. The molecule has 0 amide bonds. The third-order valence-corrected chi connectivity index (χ3v) is 8.79. The summed E-state index contributed by atoms with van der Waals surface area (Å²) in [6.45, 7) is 4.17. The molecule has 0 atom stereocenters. The summed E-state index contributed by atoms with van der Waals surface area (Å²) >= 11 is 12.9. The monoisotopic (exact) mass is 436 g/mol. The van der Waals surface area contributed by atoms with Crippen LogP contribution in [0, 0.1) is 13.8 Å². The molecule has 2 aromatic carbocycles. The number of hydrogen-bond donors (Lipinski definition) is 0. The Hall–Kier alpha value is -0.201. The predicted octanol–water partition coefficient (Wildman–Crippen LogP) is 3.27. The molecule has 4 heteroatoms. The topological polar surface area (TPSA) is 0 Å². The van der Waals surface area contributed by atoms with Gasteiger partial charge in [0.2, 0.25) is 0 Å². The van der Waals surface area contributed by atoms with E-state index in [1.54, 1.807) is 0 Å². The first kappa shape index (κ1) is 16.2. The Bertz CT molecular complexity index is 546. The summed E-state index contributed by atoms with van der Waals surface area (Å²) in [4.78, 5) is 0. The standard InChI is InChI=1S/C16H14Cl2Se2/c1-11-3-7-13(8-4-11)19-15(17)16(18)20-14-9-5-12(2)6-10-14/h3-10H,1-2H3. The summed E-state index contributed by atoms with van der Waals surface area (Å²) in [5.41, 5.74) is 2.53. The Kier molecular flexibility index (Phi) is 6.23. The molecule has 2 rings (SSSR count). The number of halogens is 2. The van der Waals surface area contributed by atoms with Crippen molar-refractivity contribution in [1.29, 1.82) is 0 Å². The molecule has 0 nitrogen and oxygen atoms in total. The van der Waals surface area contributed by atoms with Crippen molar-refractivity contribution in [3.05, 3.63) is 67.5 Å². The van der Waals surface area contributed by atoms with E-state index in [-0.39, 0.29) is 29.9 Å². The predicted molar refractivity (Wildman–Crippen MR) is 91.9 cm³/mol. The molecule has 0 unspecified atom stereocenters. The van der Waals surface area contributed by atoms with Crippen LogP contribution in [0.5, 0.6) is 0 Å². The number of rotatable bonds is 4. The molecule has 2 aromatic rings. The fraction of sp³-hybridized carbons (Fsp3) is 0.125. The van der Waals surface area contributed by atoms with Gasteiger partial charge in [-0.3, -0.25) is 0 Å². The van der Waals surface area contributed by atoms with Crippen molar-refractivity contribution in [2.45, 2.75) is 13.8 Å². The second-order valence-electron chi connectivity index (χ2n) is 4.38. The van der Waals surface area contributed by atoms with E-state index >= 15 is 0 Å².